The van der Waals surface area contributed by atoms with Gasteiger partial charge >= 0.3 is 0 Å². The molecule has 1 unspecified atom stereocenters. The van der Waals surface area contributed by atoms with Crippen LogP contribution in [-0.4, -0.2) is 5.78 Å². The highest BCUT2D eigenvalue weighted by molar-refractivity contribution is 9.10. The quantitative estimate of drug-likeness (QED) is 0.365. The van der Waals surface area contributed by atoms with Gasteiger partial charge in [-0.3, -0.25) is 4.79 Å². The lowest BCUT2D eigenvalue weighted by molar-refractivity contribution is 0.0976. The number of benzene rings is 3. The van der Waals surface area contributed by atoms with E-state index in [4.69, 9.17) is 11.6 Å². The van der Waals surface area contributed by atoms with Crippen molar-refractivity contribution in [3.8, 4) is 0 Å². The summed E-state index contributed by atoms with van der Waals surface area (Å²) in [7, 11) is 0. The van der Waals surface area contributed by atoms with E-state index in [9.17, 15) is 4.79 Å². The van der Waals surface area contributed by atoms with Gasteiger partial charge in [0.1, 0.15) is 0 Å². The molecule has 5 heteroatoms. The molecule has 0 aliphatic rings. The Bertz CT molecular complexity index is 877. The molecule has 0 bridgehead atoms. The van der Waals surface area contributed by atoms with Gasteiger partial charge in [-0.2, -0.15) is 0 Å². The number of anilines is 1. The van der Waals surface area contributed by atoms with Crippen molar-refractivity contribution in [1.82, 2.24) is 0 Å². The van der Waals surface area contributed by atoms with Crippen LogP contribution in [0.25, 0.3) is 0 Å². The number of carbonyl (C=O) groups is 1. The van der Waals surface area contributed by atoms with E-state index in [1.165, 1.54) is 0 Å². The molecule has 26 heavy (non-hydrogen) atoms. The molecule has 3 aromatic carbocycles. The van der Waals surface area contributed by atoms with E-state index in [2.05, 4.69) is 37.2 Å². The first kappa shape index (κ1) is 19.2. The van der Waals surface area contributed by atoms with Gasteiger partial charge < -0.3 is 5.32 Å². The van der Waals surface area contributed by atoms with Gasteiger partial charge in [-0.25, -0.2) is 0 Å². The minimum absolute atomic E-state index is 0.0852. The predicted molar refractivity (Wildman–Crippen MR) is 115 cm³/mol. The minimum Gasteiger partial charge on any atom is -0.378 e. The molecule has 0 amide bonds. The number of Topliss-reactive ketones (excluding diaryl/α,β-unsaturated/α-hetero) is 1. The summed E-state index contributed by atoms with van der Waals surface area (Å²) in [5.74, 6) is 0.0852. The Hall–Kier alpha value is -1.62. The van der Waals surface area contributed by atoms with Crippen LogP contribution in [0.1, 0.15) is 28.4 Å². The second-order valence-electron chi connectivity index (χ2n) is 5.89. The van der Waals surface area contributed by atoms with Crippen LogP contribution in [0.3, 0.4) is 0 Å². The van der Waals surface area contributed by atoms with E-state index in [-0.39, 0.29) is 11.8 Å². The van der Waals surface area contributed by atoms with E-state index < -0.39 is 0 Å². The Morgan fingerprint density at radius 1 is 0.846 bits per heavy atom. The lowest BCUT2D eigenvalue weighted by atomic mass is 9.97. The van der Waals surface area contributed by atoms with Crippen LogP contribution >= 0.6 is 43.5 Å². The van der Waals surface area contributed by atoms with Crippen molar-refractivity contribution >= 4 is 54.9 Å². The Labute approximate surface area is 174 Å². The van der Waals surface area contributed by atoms with Gasteiger partial charge in [-0.05, 0) is 54.1 Å². The first-order valence-corrected chi connectivity index (χ1v) is 10.0. The van der Waals surface area contributed by atoms with E-state index in [0.717, 1.165) is 20.2 Å². The highest BCUT2D eigenvalue weighted by atomic mass is 79.9. The zero-order valence-corrected chi connectivity index (χ0v) is 17.7. The molecule has 0 saturated heterocycles. The smallest absolute Gasteiger partial charge is 0.165 e. The highest BCUT2D eigenvalue weighted by Gasteiger charge is 2.17. The normalized spacial score (nSPS) is 11.8. The topological polar surface area (TPSA) is 29.1 Å². The number of ketones is 1. The summed E-state index contributed by atoms with van der Waals surface area (Å²) in [5, 5.41) is 4.14. The third-order valence-corrected chi connectivity index (χ3v) is 5.32. The second kappa shape index (κ2) is 8.85. The van der Waals surface area contributed by atoms with Crippen molar-refractivity contribution in [3.05, 3.63) is 97.9 Å². The molecule has 0 saturated carbocycles. The van der Waals surface area contributed by atoms with Gasteiger partial charge in [-0.15, -0.1) is 0 Å². The van der Waals surface area contributed by atoms with Gasteiger partial charge in [0.05, 0.1) is 6.04 Å². The standard InChI is InChI=1S/C21H16Br2ClNO/c22-16-5-1-15(2-6-16)21(26)13-20(14-3-9-18(24)10-4-14)25-19-11-7-17(23)8-12-19/h1-12,20,25H,13H2. The molecule has 0 radical (unpaired) electrons. The molecule has 1 atom stereocenters. The third kappa shape index (κ3) is 5.19. The average molecular weight is 494 g/mol. The lowest BCUT2D eigenvalue weighted by Crippen LogP contribution is -2.15. The van der Waals surface area contributed by atoms with Crippen molar-refractivity contribution in [1.29, 1.82) is 0 Å². The molecule has 2 nitrogen and oxygen atoms in total. The molecule has 0 aliphatic heterocycles. The van der Waals surface area contributed by atoms with Crippen molar-refractivity contribution in [2.45, 2.75) is 12.5 Å². The largest absolute Gasteiger partial charge is 0.378 e. The van der Waals surface area contributed by atoms with Gasteiger partial charge in [0, 0.05) is 31.6 Å². The van der Waals surface area contributed by atoms with E-state index in [0.29, 0.717) is 17.0 Å². The summed E-state index contributed by atoms with van der Waals surface area (Å²) in [6.45, 7) is 0. The van der Waals surface area contributed by atoms with Crippen LogP contribution in [0.4, 0.5) is 5.69 Å². The predicted octanol–water partition coefficient (Wildman–Crippen LogP) is 7.29. The van der Waals surface area contributed by atoms with Gasteiger partial charge in [0.25, 0.3) is 0 Å². The zero-order valence-electron chi connectivity index (χ0n) is 13.8. The third-order valence-electron chi connectivity index (χ3n) is 4.01. The van der Waals surface area contributed by atoms with Crippen LogP contribution < -0.4 is 5.32 Å². The first-order valence-electron chi connectivity index (χ1n) is 8.07. The maximum atomic E-state index is 12.8. The molecule has 0 fully saturated rings. The highest BCUT2D eigenvalue weighted by Crippen LogP contribution is 2.27. The van der Waals surface area contributed by atoms with Crippen LogP contribution in [0.2, 0.25) is 5.02 Å². The van der Waals surface area contributed by atoms with E-state index in [1.807, 2.05) is 72.8 Å². The number of rotatable bonds is 6. The van der Waals surface area contributed by atoms with Gasteiger partial charge in [-0.1, -0.05) is 67.7 Å². The van der Waals surface area contributed by atoms with Crippen molar-refractivity contribution in [2.75, 3.05) is 5.32 Å². The lowest BCUT2D eigenvalue weighted by Gasteiger charge is -2.20. The SMILES string of the molecule is O=C(CC(Nc1ccc(Br)cc1)c1ccc(Cl)cc1)c1ccc(Br)cc1. The van der Waals surface area contributed by atoms with Crippen LogP contribution in [0.15, 0.2) is 81.7 Å². The molecule has 0 aliphatic carbocycles. The molecule has 1 N–H and O–H groups in total. The number of hydrogen-bond acceptors (Lipinski definition) is 2. The Kier molecular flexibility index (Phi) is 6.52. The van der Waals surface area contributed by atoms with Crippen molar-refractivity contribution in [2.24, 2.45) is 0 Å². The molecule has 0 aromatic heterocycles. The number of nitrogens with one attached hydrogen (secondary N) is 1. The fourth-order valence-corrected chi connectivity index (χ4v) is 3.29. The van der Waals surface area contributed by atoms with Crippen LogP contribution in [-0.2, 0) is 0 Å². The first-order chi connectivity index (χ1) is 12.5. The number of halogens is 3. The summed E-state index contributed by atoms with van der Waals surface area (Å²) in [5.41, 5.74) is 2.67. The van der Waals surface area contributed by atoms with Gasteiger partial charge in [0.15, 0.2) is 5.78 Å². The Morgan fingerprint density at radius 3 is 1.96 bits per heavy atom. The maximum Gasteiger partial charge on any atom is 0.165 e. The van der Waals surface area contributed by atoms with Crippen LogP contribution in [0.5, 0.6) is 0 Å². The monoisotopic (exact) mass is 491 g/mol. The molecular formula is C21H16Br2ClNO. The second-order valence-corrected chi connectivity index (χ2v) is 8.16. The van der Waals surface area contributed by atoms with Crippen molar-refractivity contribution < 1.29 is 4.79 Å². The zero-order chi connectivity index (χ0) is 18.5. The Morgan fingerprint density at radius 2 is 1.38 bits per heavy atom. The number of carbonyl (C=O) groups excluding carboxylic acids is 1. The van der Waals surface area contributed by atoms with E-state index in [1.54, 1.807) is 0 Å². The Balaban J connectivity index is 1.84. The summed E-state index contributed by atoms with van der Waals surface area (Å²) in [4.78, 5) is 12.8. The summed E-state index contributed by atoms with van der Waals surface area (Å²) in [6.07, 6.45) is 0.347. The van der Waals surface area contributed by atoms with Crippen molar-refractivity contribution in [3.63, 3.8) is 0 Å². The van der Waals surface area contributed by atoms with Gasteiger partial charge in [0.2, 0.25) is 0 Å². The molecule has 0 heterocycles. The molecule has 132 valence electrons. The summed E-state index contributed by atoms with van der Waals surface area (Å²) < 4.78 is 1.97. The molecule has 0 spiro atoms. The number of hydrogen-bond donors (Lipinski definition) is 1. The maximum absolute atomic E-state index is 12.8. The molecule has 3 rings (SSSR count). The summed E-state index contributed by atoms with van der Waals surface area (Å²) >= 11 is 12.9. The fraction of sp³-hybridized carbons (Fsp3) is 0.0952. The summed E-state index contributed by atoms with van der Waals surface area (Å²) in [6, 6.07) is 22.8. The molecular weight excluding hydrogens is 477 g/mol. The average Bonchev–Trinajstić information content (AvgIpc) is 2.64. The molecule has 3 aromatic rings. The van der Waals surface area contributed by atoms with E-state index >= 15 is 0 Å². The minimum atomic E-state index is -0.149. The fourth-order valence-electron chi connectivity index (χ4n) is 2.63. The van der Waals surface area contributed by atoms with Crippen LogP contribution in [0, 0.1) is 0 Å².